The van der Waals surface area contributed by atoms with E-state index in [-0.39, 0.29) is 17.6 Å². The van der Waals surface area contributed by atoms with Crippen LogP contribution in [-0.4, -0.2) is 32.9 Å². The SMILES string of the molecule is Cc1ccc(-c2cc(C(=O)N(C)C(C)c3cccc([N+](=O)[O-])c3)c3c(C)noc3n2)s1. The molecule has 0 fully saturated rings. The number of benzene rings is 1. The predicted octanol–water partition coefficient (Wildman–Crippen LogP) is 5.31. The molecule has 4 rings (SSSR count). The molecule has 0 radical (unpaired) electrons. The number of aryl methyl sites for hydroxylation is 2. The average Bonchev–Trinajstić information content (AvgIpc) is 3.37. The van der Waals surface area contributed by atoms with Crippen LogP contribution >= 0.6 is 11.3 Å². The third-order valence-electron chi connectivity index (χ3n) is 5.31. The van der Waals surface area contributed by atoms with Gasteiger partial charge in [-0.2, -0.15) is 0 Å². The van der Waals surface area contributed by atoms with E-state index in [0.717, 1.165) is 9.75 Å². The molecule has 0 aliphatic heterocycles. The van der Waals surface area contributed by atoms with Crippen LogP contribution in [0.3, 0.4) is 0 Å². The number of thiophene rings is 1. The summed E-state index contributed by atoms with van der Waals surface area (Å²) in [5.74, 6) is -0.243. The quantitative estimate of drug-likeness (QED) is 0.310. The number of nitro groups is 1. The van der Waals surface area contributed by atoms with Crippen molar-refractivity contribution in [3.63, 3.8) is 0 Å². The molecule has 31 heavy (non-hydrogen) atoms. The Morgan fingerprint density at radius 3 is 2.68 bits per heavy atom. The normalized spacial score (nSPS) is 12.1. The summed E-state index contributed by atoms with van der Waals surface area (Å²) < 4.78 is 5.37. The first-order valence-corrected chi connectivity index (χ1v) is 10.4. The number of carbonyl (C=O) groups excluding carboxylic acids is 1. The van der Waals surface area contributed by atoms with Crippen molar-refractivity contribution in [2.45, 2.75) is 26.8 Å². The van der Waals surface area contributed by atoms with Gasteiger partial charge < -0.3 is 9.42 Å². The fourth-order valence-corrected chi connectivity index (χ4v) is 4.28. The zero-order chi connectivity index (χ0) is 22.3. The Bertz CT molecular complexity index is 1310. The van der Waals surface area contributed by atoms with Gasteiger partial charge in [0.15, 0.2) is 0 Å². The highest BCUT2D eigenvalue weighted by atomic mass is 32.1. The Kier molecular flexibility index (Phi) is 5.28. The van der Waals surface area contributed by atoms with E-state index in [9.17, 15) is 14.9 Å². The smallest absolute Gasteiger partial charge is 0.269 e. The van der Waals surface area contributed by atoms with E-state index in [1.807, 2.05) is 26.0 Å². The van der Waals surface area contributed by atoms with Crippen molar-refractivity contribution in [3.05, 3.63) is 74.3 Å². The Labute approximate surface area is 182 Å². The molecule has 3 aromatic heterocycles. The second-order valence-electron chi connectivity index (χ2n) is 7.36. The maximum absolute atomic E-state index is 13.5. The largest absolute Gasteiger partial charge is 0.335 e. The number of fused-ring (bicyclic) bond motifs is 1. The second-order valence-corrected chi connectivity index (χ2v) is 8.65. The fourth-order valence-electron chi connectivity index (χ4n) is 3.45. The summed E-state index contributed by atoms with van der Waals surface area (Å²) >= 11 is 1.58. The zero-order valence-electron chi connectivity index (χ0n) is 17.4. The van der Waals surface area contributed by atoms with Gasteiger partial charge in [-0.05, 0) is 44.5 Å². The van der Waals surface area contributed by atoms with Crippen molar-refractivity contribution in [1.82, 2.24) is 15.0 Å². The summed E-state index contributed by atoms with van der Waals surface area (Å²) in [7, 11) is 1.68. The van der Waals surface area contributed by atoms with Gasteiger partial charge in [0.25, 0.3) is 17.3 Å². The van der Waals surface area contributed by atoms with Gasteiger partial charge in [0.05, 0.1) is 38.2 Å². The Morgan fingerprint density at radius 2 is 2.00 bits per heavy atom. The van der Waals surface area contributed by atoms with Gasteiger partial charge in [-0.25, -0.2) is 4.98 Å². The van der Waals surface area contributed by atoms with E-state index in [1.165, 1.54) is 12.1 Å². The van der Waals surface area contributed by atoms with E-state index < -0.39 is 4.92 Å². The zero-order valence-corrected chi connectivity index (χ0v) is 18.3. The minimum absolute atomic E-state index is 0.0123. The van der Waals surface area contributed by atoms with Gasteiger partial charge in [0, 0.05) is 24.1 Å². The lowest BCUT2D eigenvalue weighted by Gasteiger charge is -2.25. The van der Waals surface area contributed by atoms with E-state index >= 15 is 0 Å². The average molecular weight is 436 g/mol. The van der Waals surface area contributed by atoms with E-state index in [2.05, 4.69) is 10.1 Å². The van der Waals surface area contributed by atoms with Gasteiger partial charge in [0.1, 0.15) is 0 Å². The number of hydrogen-bond acceptors (Lipinski definition) is 7. The third-order valence-corrected chi connectivity index (χ3v) is 6.33. The molecule has 158 valence electrons. The van der Waals surface area contributed by atoms with Crippen LogP contribution in [0.15, 0.2) is 47.0 Å². The van der Waals surface area contributed by atoms with Crippen molar-refractivity contribution < 1.29 is 14.2 Å². The summed E-state index contributed by atoms with van der Waals surface area (Å²) in [5.41, 5.74) is 2.62. The monoisotopic (exact) mass is 436 g/mol. The summed E-state index contributed by atoms with van der Waals surface area (Å²) in [6.07, 6.45) is 0. The molecule has 0 spiro atoms. The number of carbonyl (C=O) groups is 1. The van der Waals surface area contributed by atoms with Gasteiger partial charge in [-0.1, -0.05) is 17.3 Å². The van der Waals surface area contributed by atoms with Crippen LogP contribution in [-0.2, 0) is 0 Å². The maximum atomic E-state index is 13.5. The highest BCUT2D eigenvalue weighted by molar-refractivity contribution is 7.15. The van der Waals surface area contributed by atoms with E-state index in [1.54, 1.807) is 48.4 Å². The maximum Gasteiger partial charge on any atom is 0.269 e. The summed E-state index contributed by atoms with van der Waals surface area (Å²) in [4.78, 5) is 32.4. The lowest BCUT2D eigenvalue weighted by molar-refractivity contribution is -0.384. The van der Waals surface area contributed by atoms with Crippen molar-refractivity contribution in [1.29, 1.82) is 0 Å². The number of aromatic nitrogens is 2. The number of pyridine rings is 1. The molecule has 0 bridgehead atoms. The highest BCUT2D eigenvalue weighted by Crippen LogP contribution is 2.33. The van der Waals surface area contributed by atoms with Crippen molar-refractivity contribution >= 4 is 34.0 Å². The molecule has 0 N–H and O–H groups in total. The molecule has 3 heterocycles. The van der Waals surface area contributed by atoms with Crippen LogP contribution in [0, 0.1) is 24.0 Å². The molecule has 1 aromatic carbocycles. The topological polar surface area (TPSA) is 102 Å². The summed E-state index contributed by atoms with van der Waals surface area (Å²) in [6, 6.07) is 11.6. The number of rotatable bonds is 5. The molecular weight excluding hydrogens is 416 g/mol. The Morgan fingerprint density at radius 1 is 1.23 bits per heavy atom. The predicted molar refractivity (Wildman–Crippen MR) is 118 cm³/mol. The van der Waals surface area contributed by atoms with Crippen LogP contribution in [0.4, 0.5) is 5.69 Å². The van der Waals surface area contributed by atoms with E-state index in [0.29, 0.717) is 33.6 Å². The molecule has 9 heteroatoms. The molecule has 8 nitrogen and oxygen atoms in total. The number of hydrogen-bond donors (Lipinski definition) is 0. The number of non-ortho nitro benzene ring substituents is 1. The standard InChI is InChI=1S/C22H20N4O4S/c1-12-8-9-19(31-12)18-11-17(20-13(2)24-30-21(20)23-18)22(27)25(4)14(3)15-6-5-7-16(10-15)26(28)29/h5-11,14H,1-4H3. The minimum atomic E-state index is -0.444. The van der Waals surface area contributed by atoms with Crippen molar-refractivity contribution in [3.8, 4) is 10.6 Å². The minimum Gasteiger partial charge on any atom is -0.335 e. The van der Waals surface area contributed by atoms with Gasteiger partial charge in [-0.15, -0.1) is 11.3 Å². The number of nitro benzene ring substituents is 1. The second kappa shape index (κ2) is 7.92. The molecule has 0 aliphatic rings. The molecular formula is C22H20N4O4S. The number of nitrogens with zero attached hydrogens (tertiary/aromatic N) is 4. The first-order chi connectivity index (χ1) is 14.8. The molecule has 4 aromatic rings. The van der Waals surface area contributed by atoms with Gasteiger partial charge in [-0.3, -0.25) is 14.9 Å². The lowest BCUT2D eigenvalue weighted by Crippen LogP contribution is -2.30. The first kappa shape index (κ1) is 20.7. The van der Waals surface area contributed by atoms with Crippen LogP contribution in [0.25, 0.3) is 21.7 Å². The number of amides is 1. The van der Waals surface area contributed by atoms with Crippen LogP contribution < -0.4 is 0 Å². The fraction of sp³-hybridized carbons (Fsp3) is 0.227. The molecule has 1 unspecified atom stereocenters. The van der Waals surface area contributed by atoms with Crippen LogP contribution in [0.5, 0.6) is 0 Å². The molecule has 0 aliphatic carbocycles. The summed E-state index contributed by atoms with van der Waals surface area (Å²) in [5, 5.41) is 15.7. The Balaban J connectivity index is 1.76. The highest BCUT2D eigenvalue weighted by Gasteiger charge is 2.25. The van der Waals surface area contributed by atoms with Crippen LogP contribution in [0.1, 0.15) is 39.5 Å². The third kappa shape index (κ3) is 3.79. The van der Waals surface area contributed by atoms with Gasteiger partial charge >= 0.3 is 0 Å². The molecule has 1 amide bonds. The molecule has 1 atom stereocenters. The van der Waals surface area contributed by atoms with Gasteiger partial charge in [0.2, 0.25) is 0 Å². The summed E-state index contributed by atoms with van der Waals surface area (Å²) in [6.45, 7) is 5.61. The van der Waals surface area contributed by atoms with Crippen molar-refractivity contribution in [2.24, 2.45) is 0 Å². The Hall–Kier alpha value is -3.59. The van der Waals surface area contributed by atoms with E-state index in [4.69, 9.17) is 4.52 Å². The molecule has 0 saturated carbocycles. The van der Waals surface area contributed by atoms with Crippen LogP contribution in [0.2, 0.25) is 0 Å². The van der Waals surface area contributed by atoms with Crippen molar-refractivity contribution in [2.75, 3.05) is 7.05 Å². The molecule has 0 saturated heterocycles. The lowest BCUT2D eigenvalue weighted by atomic mass is 10.0. The first-order valence-electron chi connectivity index (χ1n) is 9.61.